The van der Waals surface area contributed by atoms with E-state index in [-0.39, 0.29) is 16.9 Å². The van der Waals surface area contributed by atoms with Crippen molar-refractivity contribution < 1.29 is 37.2 Å². The molecule has 0 bridgehead atoms. The Bertz CT molecular complexity index is 2270. The number of rotatable bonds is 14. The number of hydrogen-bond donors (Lipinski definition) is 2. The van der Waals surface area contributed by atoms with Crippen LogP contribution in [-0.4, -0.2) is 43.9 Å². The summed E-state index contributed by atoms with van der Waals surface area (Å²) in [5, 5.41) is 1.72. The monoisotopic (exact) mass is 720 g/mol. The second-order valence-electron chi connectivity index (χ2n) is 13.4. The number of hydrogen-bond acceptors (Lipinski definition) is 6. The van der Waals surface area contributed by atoms with Gasteiger partial charge in [-0.3, -0.25) is 4.79 Å². The van der Waals surface area contributed by atoms with Crippen molar-refractivity contribution in [3.8, 4) is 28.0 Å². The molecule has 11 heteroatoms. The summed E-state index contributed by atoms with van der Waals surface area (Å²) in [4.78, 5) is 12.1. The minimum atomic E-state index is -4.62. The molecule has 4 N–H and O–H groups in total. The third-order valence-electron chi connectivity index (χ3n) is 9.89. The molecule has 2 atom stereocenters. The number of benzene rings is 4. The van der Waals surface area contributed by atoms with Crippen LogP contribution < -0.4 is 24.8 Å². The van der Waals surface area contributed by atoms with Gasteiger partial charge in [0.2, 0.25) is 16.9 Å². The first-order chi connectivity index (χ1) is 25.2. The number of nitrogens with zero attached hydrogens (tertiary/aromatic N) is 2. The van der Waals surface area contributed by atoms with Crippen LogP contribution >= 0.6 is 0 Å². The first-order valence-electron chi connectivity index (χ1n) is 17.9. The molecule has 7 rings (SSSR count). The van der Waals surface area contributed by atoms with Gasteiger partial charge in [0, 0.05) is 31.1 Å². The normalized spacial score (nSPS) is 18.9. The molecule has 1 spiro atoms. The summed E-state index contributed by atoms with van der Waals surface area (Å²) >= 11 is 0. The lowest BCUT2D eigenvalue weighted by atomic mass is 10.0. The summed E-state index contributed by atoms with van der Waals surface area (Å²) in [7, 11) is -4.62. The maximum absolute atomic E-state index is 12.5. The van der Waals surface area contributed by atoms with Gasteiger partial charge >= 0.3 is 11.8 Å². The topological polar surface area (TPSA) is 140 Å². The highest BCUT2D eigenvalue weighted by Gasteiger charge is 2.69. The molecule has 1 amide bonds. The lowest BCUT2D eigenvalue weighted by Gasteiger charge is -2.15. The van der Waals surface area contributed by atoms with Crippen molar-refractivity contribution in [1.29, 1.82) is 0 Å². The molecule has 52 heavy (non-hydrogen) atoms. The average Bonchev–Trinajstić information content (AvgIpc) is 3.76. The van der Waals surface area contributed by atoms with Crippen molar-refractivity contribution in [3.63, 3.8) is 0 Å². The fourth-order valence-corrected chi connectivity index (χ4v) is 8.12. The van der Waals surface area contributed by atoms with Gasteiger partial charge in [-0.15, -0.1) is 0 Å². The van der Waals surface area contributed by atoms with Gasteiger partial charge in [-0.2, -0.15) is 9.05 Å². The number of oxazole rings is 1. The van der Waals surface area contributed by atoms with Crippen LogP contribution in [0.2, 0.25) is 0 Å². The number of quaternary nitrogens is 2. The van der Waals surface area contributed by atoms with E-state index in [9.17, 15) is 17.8 Å². The quantitative estimate of drug-likeness (QED) is 0.0482. The van der Waals surface area contributed by atoms with E-state index in [4.69, 9.17) is 9.15 Å². The lowest BCUT2D eigenvalue weighted by Crippen LogP contribution is -2.54. The molecule has 0 aliphatic carbocycles. The Morgan fingerprint density at radius 1 is 0.942 bits per heavy atom. The number of carbonyl (C=O) groups excluding carboxylic acids is 1. The second-order valence-corrected chi connectivity index (χ2v) is 14.9. The molecular weight excluding hydrogens is 677 g/mol. The van der Waals surface area contributed by atoms with Crippen molar-refractivity contribution in [3.05, 3.63) is 120 Å². The third-order valence-corrected chi connectivity index (χ3v) is 11.1. The Kier molecular flexibility index (Phi) is 10.1. The van der Waals surface area contributed by atoms with Crippen molar-refractivity contribution in [1.82, 2.24) is 9.80 Å². The lowest BCUT2D eigenvalue weighted by molar-refractivity contribution is -0.678. The highest BCUT2D eigenvalue weighted by Crippen LogP contribution is 2.56. The maximum Gasteiger partial charge on any atom is 0.374 e. The Labute approximate surface area is 304 Å². The zero-order valence-corrected chi connectivity index (χ0v) is 30.1. The second kappa shape index (κ2) is 14.9. The fraction of sp³-hybridized carbons (Fsp3) is 0.268. The molecule has 1 aromatic heterocycles. The van der Waals surface area contributed by atoms with Crippen LogP contribution in [-0.2, 0) is 21.5 Å². The van der Waals surface area contributed by atoms with E-state index >= 15 is 0 Å². The Morgan fingerprint density at radius 2 is 1.63 bits per heavy atom. The minimum absolute atomic E-state index is 0.0493. The van der Waals surface area contributed by atoms with E-state index in [2.05, 4.69) is 39.9 Å². The van der Waals surface area contributed by atoms with Crippen molar-refractivity contribution in [2.24, 2.45) is 0 Å². The molecule has 2 aliphatic rings. The van der Waals surface area contributed by atoms with Crippen LogP contribution in [0.1, 0.15) is 44.9 Å². The van der Waals surface area contributed by atoms with Gasteiger partial charge < -0.3 is 24.8 Å². The summed E-state index contributed by atoms with van der Waals surface area (Å²) in [6.07, 6.45) is 7.40. The van der Waals surface area contributed by atoms with Crippen LogP contribution in [0.25, 0.3) is 39.4 Å². The maximum atomic E-state index is 12.5. The molecule has 10 nitrogen and oxygen atoms in total. The largest absolute Gasteiger partial charge is 0.743 e. The van der Waals surface area contributed by atoms with E-state index in [1.807, 2.05) is 91.9 Å². The summed E-state index contributed by atoms with van der Waals surface area (Å²) in [6.45, 7) is 4.06. The zero-order valence-electron chi connectivity index (χ0n) is 29.3. The van der Waals surface area contributed by atoms with Gasteiger partial charge in [0.1, 0.15) is 0 Å². The Balaban J connectivity index is 1.23. The number of allylic oxidation sites excluding steroid dienone is 2. The smallest absolute Gasteiger partial charge is 0.374 e. The number of amides is 1. The predicted molar refractivity (Wildman–Crippen MR) is 200 cm³/mol. The number of aromatic nitrogens is 1. The SMILES string of the molecule is CCC(=Cc1oc2ccc(-c3ccccc3)cc2[n+]1CCCCCC(=O)NCC[NH3+])C=C1Oc2ccc(-c3ccccc3)cc2[N+]12CC2S(=O)(=O)[O-]. The molecule has 1 saturated heterocycles. The van der Waals surface area contributed by atoms with Gasteiger partial charge in [-0.05, 0) is 59.2 Å². The van der Waals surface area contributed by atoms with Gasteiger partial charge in [-0.25, -0.2) is 8.42 Å². The molecule has 3 heterocycles. The third kappa shape index (κ3) is 7.18. The van der Waals surface area contributed by atoms with Gasteiger partial charge in [0.25, 0.3) is 5.52 Å². The van der Waals surface area contributed by atoms with Crippen LogP contribution in [0.4, 0.5) is 5.69 Å². The molecule has 268 valence electrons. The van der Waals surface area contributed by atoms with Crippen LogP contribution in [0.3, 0.4) is 0 Å². The summed E-state index contributed by atoms with van der Waals surface area (Å²) in [5.74, 6) is 1.64. The average molecular weight is 721 g/mol. The van der Waals surface area contributed by atoms with E-state index in [1.54, 1.807) is 0 Å². The first-order valence-corrected chi connectivity index (χ1v) is 19.4. The summed E-state index contributed by atoms with van der Waals surface area (Å²) in [5.41, 5.74) is 11.1. The van der Waals surface area contributed by atoms with Crippen LogP contribution in [0, 0.1) is 0 Å². The highest BCUT2D eigenvalue weighted by molar-refractivity contribution is 7.86. The van der Waals surface area contributed by atoms with E-state index < -0.39 is 15.5 Å². The molecule has 2 aliphatic heterocycles. The molecule has 0 saturated carbocycles. The van der Waals surface area contributed by atoms with Gasteiger partial charge in [0.05, 0.1) is 19.2 Å². The number of carbonyl (C=O) groups is 1. The molecule has 0 radical (unpaired) electrons. The minimum Gasteiger partial charge on any atom is -0.743 e. The predicted octanol–water partition coefficient (Wildman–Crippen LogP) is 5.89. The highest BCUT2D eigenvalue weighted by atomic mass is 32.2. The number of aryl methyl sites for hydroxylation is 1. The molecule has 4 aromatic carbocycles. The first kappa shape index (κ1) is 35.3. The van der Waals surface area contributed by atoms with Crippen LogP contribution in [0.15, 0.2) is 119 Å². The van der Waals surface area contributed by atoms with Gasteiger partial charge in [0.15, 0.2) is 34.6 Å². The van der Waals surface area contributed by atoms with E-state index in [0.29, 0.717) is 55.7 Å². The number of ether oxygens (including phenoxy) is 1. The standard InChI is InChI=1S/C41H42N4O6S/c1-2-29(25-40-45(28-41(45)52(47,48)49)35-27-33(18-20-37(35)51-40)31-14-8-4-9-15-31)24-39-44(23-11-5-10-16-38(46)43-22-21-42)34-26-32(17-19-36(34)50-39)30-12-6-3-7-13-30/h3-4,6-9,12-15,17-20,24-27,41H,2,5,10-11,16,21-23,28,42H2,1H3/p+2. The number of unbranched alkanes of at least 4 members (excludes halogenated alkanes) is 2. The number of fused-ring (bicyclic) bond motifs is 3. The molecular formula is C41H44N4O6S+2. The Hall–Kier alpha value is -5.07. The van der Waals surface area contributed by atoms with Crippen LogP contribution in [0.5, 0.6) is 5.75 Å². The van der Waals surface area contributed by atoms with Gasteiger partial charge in [-0.1, -0.05) is 79.7 Å². The van der Waals surface area contributed by atoms with E-state index in [1.165, 1.54) is 0 Å². The zero-order chi connectivity index (χ0) is 36.3. The van der Waals surface area contributed by atoms with Crippen molar-refractivity contribution in [2.75, 3.05) is 19.6 Å². The van der Waals surface area contributed by atoms with E-state index in [0.717, 1.165) is 58.2 Å². The molecule has 5 aromatic rings. The summed E-state index contributed by atoms with van der Waals surface area (Å²) in [6, 6.07) is 32.0. The number of nitrogens with one attached hydrogen (secondary N) is 1. The molecule has 1 fully saturated rings. The Morgan fingerprint density at radius 3 is 2.29 bits per heavy atom. The fourth-order valence-electron chi connectivity index (χ4n) is 7.04. The van der Waals surface area contributed by atoms with Crippen molar-refractivity contribution in [2.45, 2.75) is 50.9 Å². The summed E-state index contributed by atoms with van der Waals surface area (Å²) < 4.78 is 52.4. The molecule has 2 unspecified atom stereocenters. The van der Waals surface area contributed by atoms with Crippen molar-refractivity contribution >= 4 is 38.9 Å².